The number of carbonyl (C=O) groups excluding carboxylic acids is 1. The van der Waals surface area contributed by atoms with Crippen molar-refractivity contribution < 1.29 is 10.1 Å². The molecular weight excluding hydrogens is 198 g/mol. The van der Waals surface area contributed by atoms with E-state index in [1.807, 2.05) is 7.05 Å². The van der Waals surface area contributed by atoms with Crippen molar-refractivity contribution in [3.8, 4) is 0 Å². The maximum atomic E-state index is 12.4. The maximum absolute atomic E-state index is 12.4. The molecular formula is C14H24NO+. The Balaban J connectivity index is 1.87. The second kappa shape index (κ2) is 3.83. The number of rotatable bonds is 3. The molecule has 0 unspecified atom stereocenters. The molecule has 2 N–H and O–H groups in total. The van der Waals surface area contributed by atoms with Crippen LogP contribution in [0, 0.1) is 23.2 Å². The minimum Gasteiger partial charge on any atom is -0.342 e. The van der Waals surface area contributed by atoms with Gasteiger partial charge in [0.15, 0.2) is 5.78 Å². The molecule has 4 aliphatic rings. The SMILES string of the molecule is C[NH2+]CC(=O)C12CC3C[C@@H](CC[C@H](C3)C1)C2. The van der Waals surface area contributed by atoms with Crippen LogP contribution in [0.4, 0.5) is 0 Å². The number of Topliss-reactive ketones (excluding diaryl/α,β-unsaturated/α-hetero) is 1. The second-order valence-corrected chi connectivity index (χ2v) is 6.58. The Morgan fingerprint density at radius 1 is 1.12 bits per heavy atom. The third-order valence-corrected chi connectivity index (χ3v) is 5.34. The summed E-state index contributed by atoms with van der Waals surface area (Å²) in [7, 11) is 2.02. The van der Waals surface area contributed by atoms with Crippen molar-refractivity contribution in [1.82, 2.24) is 0 Å². The molecule has 0 aromatic rings. The number of hydrogen-bond acceptors (Lipinski definition) is 1. The summed E-state index contributed by atoms with van der Waals surface area (Å²) in [6.45, 7) is 0.714. The Kier molecular flexibility index (Phi) is 2.58. The van der Waals surface area contributed by atoms with Gasteiger partial charge in [0.1, 0.15) is 6.54 Å². The van der Waals surface area contributed by atoms with Gasteiger partial charge in [-0.2, -0.15) is 0 Å². The van der Waals surface area contributed by atoms with Crippen molar-refractivity contribution in [3.05, 3.63) is 0 Å². The smallest absolute Gasteiger partial charge is 0.192 e. The quantitative estimate of drug-likeness (QED) is 0.768. The molecule has 0 aromatic carbocycles. The lowest BCUT2D eigenvalue weighted by Gasteiger charge is -2.46. The molecule has 0 heterocycles. The average molecular weight is 222 g/mol. The summed E-state index contributed by atoms with van der Waals surface area (Å²) >= 11 is 0. The zero-order valence-electron chi connectivity index (χ0n) is 10.4. The first kappa shape index (κ1) is 10.8. The third-order valence-electron chi connectivity index (χ3n) is 5.34. The normalized spacial score (nSPS) is 45.7. The zero-order chi connectivity index (χ0) is 11.2. The van der Waals surface area contributed by atoms with Crippen LogP contribution in [-0.2, 0) is 4.79 Å². The number of carbonyl (C=O) groups is 1. The van der Waals surface area contributed by atoms with Gasteiger partial charge in [-0.05, 0) is 49.9 Å². The second-order valence-electron chi connectivity index (χ2n) is 6.58. The van der Waals surface area contributed by atoms with E-state index in [2.05, 4.69) is 5.32 Å². The highest BCUT2D eigenvalue weighted by molar-refractivity contribution is 5.86. The third kappa shape index (κ3) is 1.62. The van der Waals surface area contributed by atoms with Crippen LogP contribution in [0.1, 0.15) is 44.9 Å². The molecule has 0 radical (unpaired) electrons. The molecule has 4 aliphatic carbocycles. The van der Waals surface area contributed by atoms with Crippen molar-refractivity contribution >= 4 is 5.78 Å². The summed E-state index contributed by atoms with van der Waals surface area (Å²) in [5.41, 5.74) is 0.125. The number of fused-ring (bicyclic) bond motifs is 1. The summed E-state index contributed by atoms with van der Waals surface area (Å²) in [6.07, 6.45) is 9.37. The first-order valence-electron chi connectivity index (χ1n) is 7.03. The molecule has 16 heavy (non-hydrogen) atoms. The van der Waals surface area contributed by atoms with Gasteiger partial charge in [0.05, 0.1) is 7.05 Å². The first-order valence-corrected chi connectivity index (χ1v) is 7.03. The Labute approximate surface area is 98.2 Å². The molecule has 4 rings (SSSR count). The fourth-order valence-electron chi connectivity index (χ4n) is 4.93. The van der Waals surface area contributed by atoms with E-state index in [-0.39, 0.29) is 5.41 Å². The largest absolute Gasteiger partial charge is 0.342 e. The molecule has 4 bridgehead atoms. The van der Waals surface area contributed by atoms with Gasteiger partial charge >= 0.3 is 0 Å². The fraction of sp³-hybridized carbons (Fsp3) is 0.929. The topological polar surface area (TPSA) is 33.7 Å². The Morgan fingerprint density at radius 2 is 1.69 bits per heavy atom. The Hall–Kier alpha value is -0.370. The molecule has 0 aliphatic heterocycles. The Bertz CT molecular complexity index is 283. The molecule has 0 aromatic heterocycles. The summed E-state index contributed by atoms with van der Waals surface area (Å²) in [5, 5.41) is 2.05. The van der Waals surface area contributed by atoms with Gasteiger partial charge in [-0.15, -0.1) is 0 Å². The van der Waals surface area contributed by atoms with E-state index in [1.54, 1.807) is 0 Å². The lowest BCUT2D eigenvalue weighted by Crippen LogP contribution is -2.82. The van der Waals surface area contributed by atoms with E-state index in [0.717, 1.165) is 17.8 Å². The van der Waals surface area contributed by atoms with E-state index in [9.17, 15) is 4.79 Å². The predicted molar refractivity (Wildman–Crippen MR) is 62.9 cm³/mol. The Morgan fingerprint density at radius 3 is 2.25 bits per heavy atom. The van der Waals surface area contributed by atoms with Crippen molar-refractivity contribution in [2.75, 3.05) is 13.6 Å². The van der Waals surface area contributed by atoms with Crippen LogP contribution in [0.3, 0.4) is 0 Å². The first-order chi connectivity index (χ1) is 7.72. The van der Waals surface area contributed by atoms with Crippen LogP contribution >= 0.6 is 0 Å². The van der Waals surface area contributed by atoms with Crippen LogP contribution in [0.2, 0.25) is 0 Å². The van der Waals surface area contributed by atoms with Gasteiger partial charge in [0.2, 0.25) is 0 Å². The molecule has 2 atom stereocenters. The molecule has 4 fully saturated rings. The van der Waals surface area contributed by atoms with Crippen LogP contribution < -0.4 is 5.32 Å². The van der Waals surface area contributed by atoms with Gasteiger partial charge in [-0.3, -0.25) is 4.79 Å². The lowest BCUT2D eigenvalue weighted by molar-refractivity contribution is -0.616. The fourth-order valence-corrected chi connectivity index (χ4v) is 4.93. The highest BCUT2D eigenvalue weighted by Gasteiger charge is 2.52. The number of quaternary nitrogens is 1. The standard InChI is InChI=1S/C14H23NO/c1-15-9-13(16)14-6-10-2-3-11(7-14)5-12(4-10)8-14/h10-12,15H,2-9H2,1H3/p+1/t10-,11-,12?,14?/m1/s1. The van der Waals surface area contributed by atoms with Crippen molar-refractivity contribution in [1.29, 1.82) is 0 Å². The summed E-state index contributed by atoms with van der Waals surface area (Å²) in [6, 6.07) is 0. The van der Waals surface area contributed by atoms with Gasteiger partial charge in [0, 0.05) is 5.41 Å². The molecule has 4 saturated carbocycles. The van der Waals surface area contributed by atoms with Crippen molar-refractivity contribution in [3.63, 3.8) is 0 Å². The van der Waals surface area contributed by atoms with E-state index >= 15 is 0 Å². The minimum absolute atomic E-state index is 0.125. The highest BCUT2D eigenvalue weighted by atomic mass is 16.1. The van der Waals surface area contributed by atoms with Crippen LogP contribution in [0.15, 0.2) is 0 Å². The summed E-state index contributed by atoms with van der Waals surface area (Å²) in [5.74, 6) is 3.22. The van der Waals surface area contributed by atoms with Gasteiger partial charge in [-0.25, -0.2) is 0 Å². The summed E-state index contributed by atoms with van der Waals surface area (Å²) in [4.78, 5) is 12.4. The lowest BCUT2D eigenvalue weighted by atomic mass is 9.57. The van der Waals surface area contributed by atoms with Crippen molar-refractivity contribution in [2.24, 2.45) is 23.2 Å². The van der Waals surface area contributed by atoms with E-state index in [0.29, 0.717) is 12.3 Å². The highest BCUT2D eigenvalue weighted by Crippen LogP contribution is 2.57. The van der Waals surface area contributed by atoms with Gasteiger partial charge in [0.25, 0.3) is 0 Å². The van der Waals surface area contributed by atoms with Crippen LogP contribution in [0.5, 0.6) is 0 Å². The van der Waals surface area contributed by atoms with Crippen molar-refractivity contribution in [2.45, 2.75) is 44.9 Å². The van der Waals surface area contributed by atoms with E-state index < -0.39 is 0 Å². The number of nitrogens with two attached hydrogens (primary N) is 1. The molecule has 90 valence electrons. The number of hydrogen-bond donors (Lipinski definition) is 1. The van der Waals surface area contributed by atoms with Crippen LogP contribution in [0.25, 0.3) is 0 Å². The zero-order valence-corrected chi connectivity index (χ0v) is 10.4. The van der Waals surface area contributed by atoms with Gasteiger partial charge < -0.3 is 5.32 Å². The van der Waals surface area contributed by atoms with Crippen LogP contribution in [-0.4, -0.2) is 19.4 Å². The van der Waals surface area contributed by atoms with E-state index in [1.165, 1.54) is 44.9 Å². The van der Waals surface area contributed by atoms with E-state index in [4.69, 9.17) is 0 Å². The molecule has 0 spiro atoms. The molecule has 0 saturated heterocycles. The predicted octanol–water partition coefficient (Wildman–Crippen LogP) is 1.36. The van der Waals surface area contributed by atoms with Gasteiger partial charge in [-0.1, -0.05) is 12.8 Å². The minimum atomic E-state index is 0.125. The molecule has 0 amide bonds. The molecule has 2 nitrogen and oxygen atoms in total. The molecule has 2 heteroatoms. The maximum Gasteiger partial charge on any atom is 0.192 e. The summed E-state index contributed by atoms with van der Waals surface area (Å²) < 4.78 is 0. The average Bonchev–Trinajstić information content (AvgIpc) is 2.46. The number of ketones is 1. The number of likely N-dealkylation sites (N-methyl/N-ethyl adjacent to an activating group) is 1. The monoisotopic (exact) mass is 222 g/mol.